The molecule has 0 aliphatic carbocycles. The lowest BCUT2D eigenvalue weighted by molar-refractivity contribution is -0.557. The summed E-state index contributed by atoms with van der Waals surface area (Å²) in [6, 6.07) is 10.8. The summed E-state index contributed by atoms with van der Waals surface area (Å²) in [5, 5.41) is 0. The molecule has 0 nitrogen and oxygen atoms in total. The lowest BCUT2D eigenvalue weighted by Crippen LogP contribution is -3.59. The zero-order valence-corrected chi connectivity index (χ0v) is 13.2. The molecular formula is C13H18BF4I. The molecule has 0 N–H and O–H groups in total. The zero-order valence-electron chi connectivity index (χ0n) is 11.0. The van der Waals surface area contributed by atoms with Gasteiger partial charge in [0, 0.05) is 0 Å². The average Bonchev–Trinajstić information content (AvgIpc) is 2.27. The maximum Gasteiger partial charge on any atom is 0.673 e. The molecule has 0 saturated heterocycles. The summed E-state index contributed by atoms with van der Waals surface area (Å²) in [4.78, 5) is 0. The van der Waals surface area contributed by atoms with Gasteiger partial charge in [-0.3, -0.25) is 0 Å². The van der Waals surface area contributed by atoms with E-state index in [2.05, 4.69) is 54.3 Å². The maximum atomic E-state index is 9.75. The van der Waals surface area contributed by atoms with Gasteiger partial charge in [0.1, 0.15) is 0 Å². The first-order valence-corrected chi connectivity index (χ1v) is 8.32. The molecule has 0 aliphatic heterocycles. The van der Waals surface area contributed by atoms with Crippen LogP contribution < -0.4 is 21.2 Å². The Labute approximate surface area is 122 Å². The van der Waals surface area contributed by atoms with Crippen LogP contribution in [0.5, 0.6) is 0 Å². The van der Waals surface area contributed by atoms with Crippen LogP contribution in [-0.4, -0.2) is 7.25 Å². The summed E-state index contributed by atoms with van der Waals surface area (Å²) in [6.07, 6.45) is 4.90. The highest BCUT2D eigenvalue weighted by Crippen LogP contribution is 2.06. The van der Waals surface area contributed by atoms with Gasteiger partial charge in [-0.25, -0.2) is 0 Å². The van der Waals surface area contributed by atoms with Crippen molar-refractivity contribution in [2.75, 3.05) is 0 Å². The van der Waals surface area contributed by atoms with Crippen molar-refractivity contribution in [2.45, 2.75) is 26.7 Å². The van der Waals surface area contributed by atoms with Crippen LogP contribution in [0.3, 0.4) is 0 Å². The van der Waals surface area contributed by atoms with Gasteiger partial charge in [-0.2, -0.15) is 0 Å². The average molecular weight is 388 g/mol. The van der Waals surface area contributed by atoms with Gasteiger partial charge in [-0.05, 0) is 37.0 Å². The Morgan fingerprint density at radius 2 is 1.63 bits per heavy atom. The molecule has 1 rings (SSSR count). The fourth-order valence-corrected chi connectivity index (χ4v) is 2.96. The molecule has 0 heterocycles. The lowest BCUT2D eigenvalue weighted by atomic mass is 10.1. The molecule has 0 amide bonds. The van der Waals surface area contributed by atoms with Crippen LogP contribution in [-0.2, 0) is 0 Å². The molecule has 19 heavy (non-hydrogen) atoms. The van der Waals surface area contributed by atoms with Crippen LogP contribution in [0.25, 0.3) is 0 Å². The maximum absolute atomic E-state index is 9.75. The van der Waals surface area contributed by atoms with Gasteiger partial charge in [-0.1, -0.05) is 32.0 Å². The van der Waals surface area contributed by atoms with E-state index in [9.17, 15) is 17.3 Å². The Hall–Kier alpha value is -0.525. The van der Waals surface area contributed by atoms with Crippen LogP contribution in [0, 0.1) is 9.49 Å². The topological polar surface area (TPSA) is 0 Å². The van der Waals surface area contributed by atoms with E-state index >= 15 is 0 Å². The normalized spacial score (nSPS) is 11.5. The summed E-state index contributed by atoms with van der Waals surface area (Å²) in [5.41, 5.74) is 0. The number of benzene rings is 1. The van der Waals surface area contributed by atoms with E-state index in [4.69, 9.17) is 0 Å². The van der Waals surface area contributed by atoms with Crippen LogP contribution in [0.4, 0.5) is 17.3 Å². The third-order valence-electron chi connectivity index (χ3n) is 1.92. The predicted octanol–water partition coefficient (Wildman–Crippen LogP) is 2.20. The molecule has 1 aromatic carbocycles. The Morgan fingerprint density at radius 1 is 1.11 bits per heavy atom. The highest BCUT2D eigenvalue weighted by molar-refractivity contribution is 6.50. The number of hydrogen-bond donors (Lipinski definition) is 0. The standard InChI is InChI=1S/C13H18I.BF4/c1-12(2)8-6-7-11-14-13-9-4-3-5-10-13;2-1(3,4)5/h3-5,7,9-12H,6,8H2,1-2H3;/q+1;-1/b11-7+;. The van der Waals surface area contributed by atoms with E-state index in [-0.39, 0.29) is 21.2 Å². The van der Waals surface area contributed by atoms with E-state index in [1.54, 1.807) is 0 Å². The summed E-state index contributed by atoms with van der Waals surface area (Å²) in [5.74, 6) is 0.828. The summed E-state index contributed by atoms with van der Waals surface area (Å²) in [7, 11) is -6.00. The minimum Gasteiger partial charge on any atom is -0.418 e. The Balaban J connectivity index is 0.000000555. The molecule has 6 heteroatoms. The molecular weight excluding hydrogens is 370 g/mol. The predicted molar refractivity (Wildman–Crippen MR) is 68.5 cm³/mol. The third-order valence-corrected chi connectivity index (χ3v) is 4.23. The minimum atomic E-state index is -6.00. The largest absolute Gasteiger partial charge is 0.673 e. The van der Waals surface area contributed by atoms with Crippen molar-refractivity contribution in [2.24, 2.45) is 5.92 Å². The molecule has 0 aromatic heterocycles. The number of hydrogen-bond acceptors (Lipinski definition) is 0. The molecule has 1 aromatic rings. The van der Waals surface area contributed by atoms with Gasteiger partial charge in [0.25, 0.3) is 0 Å². The quantitative estimate of drug-likeness (QED) is 0.413. The highest BCUT2D eigenvalue weighted by Gasteiger charge is 2.20. The van der Waals surface area contributed by atoms with Gasteiger partial charge in [0.05, 0.1) is 0 Å². The Kier molecular flexibility index (Phi) is 10.0. The van der Waals surface area contributed by atoms with Crippen molar-refractivity contribution in [1.82, 2.24) is 0 Å². The number of allylic oxidation sites excluding steroid dienone is 1. The third kappa shape index (κ3) is 17.5. The van der Waals surface area contributed by atoms with Crippen molar-refractivity contribution in [3.8, 4) is 0 Å². The SMILES string of the molecule is CC(C)CC/C=C/[I+]c1ccccc1.F[B-](F)(F)F. The Morgan fingerprint density at radius 3 is 2.11 bits per heavy atom. The second kappa shape index (κ2) is 10.3. The fraction of sp³-hybridized carbons (Fsp3) is 0.385. The summed E-state index contributed by atoms with van der Waals surface area (Å²) in [6.45, 7) is 4.56. The molecule has 0 fully saturated rings. The summed E-state index contributed by atoms with van der Waals surface area (Å²) >= 11 is 0.114. The summed E-state index contributed by atoms with van der Waals surface area (Å²) < 4.78 is 42.9. The van der Waals surface area contributed by atoms with Gasteiger partial charge in [0.15, 0.2) is 7.65 Å². The number of halogens is 5. The zero-order chi connectivity index (χ0) is 14.7. The molecule has 0 atom stereocenters. The Bertz CT molecular complexity index is 343. The van der Waals surface area contributed by atoms with Crippen molar-refractivity contribution in [1.29, 1.82) is 0 Å². The van der Waals surface area contributed by atoms with E-state index in [1.165, 1.54) is 16.4 Å². The molecule has 0 saturated carbocycles. The van der Waals surface area contributed by atoms with Crippen LogP contribution >= 0.6 is 0 Å². The second-order valence-corrected chi connectivity index (χ2v) is 6.82. The van der Waals surface area contributed by atoms with Gasteiger partial charge >= 0.3 is 28.5 Å². The van der Waals surface area contributed by atoms with E-state index in [0.29, 0.717) is 0 Å². The molecule has 108 valence electrons. The first kappa shape index (κ1) is 18.5. The van der Waals surface area contributed by atoms with Crippen molar-refractivity contribution >= 4 is 7.25 Å². The van der Waals surface area contributed by atoms with Gasteiger partial charge < -0.3 is 17.3 Å². The molecule has 0 bridgehead atoms. The van der Waals surface area contributed by atoms with Crippen molar-refractivity contribution in [3.63, 3.8) is 0 Å². The van der Waals surface area contributed by atoms with Crippen LogP contribution in [0.1, 0.15) is 26.7 Å². The van der Waals surface area contributed by atoms with E-state index in [1.807, 2.05) is 0 Å². The van der Waals surface area contributed by atoms with E-state index in [0.717, 1.165) is 5.92 Å². The van der Waals surface area contributed by atoms with Gasteiger partial charge in [0.2, 0.25) is 0 Å². The van der Waals surface area contributed by atoms with Crippen LogP contribution in [0.2, 0.25) is 0 Å². The molecule has 0 radical (unpaired) electrons. The molecule has 0 unspecified atom stereocenters. The molecule has 0 aliphatic rings. The number of rotatable bonds is 5. The second-order valence-electron chi connectivity index (χ2n) is 4.23. The van der Waals surface area contributed by atoms with Crippen molar-refractivity contribution in [3.05, 3.63) is 44.1 Å². The minimum absolute atomic E-state index is 0.114. The van der Waals surface area contributed by atoms with Crippen LogP contribution in [0.15, 0.2) is 40.5 Å². The highest BCUT2D eigenvalue weighted by atomic mass is 127. The molecule has 0 spiro atoms. The van der Waals surface area contributed by atoms with E-state index < -0.39 is 7.25 Å². The van der Waals surface area contributed by atoms with Gasteiger partial charge in [-0.15, -0.1) is 0 Å². The fourth-order valence-electron chi connectivity index (χ4n) is 1.10. The first-order valence-electron chi connectivity index (χ1n) is 6.00. The van der Waals surface area contributed by atoms with Crippen molar-refractivity contribution < 1.29 is 38.5 Å². The lowest BCUT2D eigenvalue weighted by Gasteiger charge is -1.96. The smallest absolute Gasteiger partial charge is 0.418 e. The first-order chi connectivity index (χ1) is 8.79. The monoisotopic (exact) mass is 388 g/mol.